The van der Waals surface area contributed by atoms with Crippen molar-refractivity contribution in [2.45, 2.75) is 26.4 Å². The Morgan fingerprint density at radius 3 is 2.78 bits per heavy atom. The van der Waals surface area contributed by atoms with Crippen LogP contribution in [0.5, 0.6) is 11.5 Å². The van der Waals surface area contributed by atoms with Crippen LogP contribution in [0.4, 0.5) is 0 Å². The van der Waals surface area contributed by atoms with Crippen LogP contribution in [0.25, 0.3) is 0 Å². The van der Waals surface area contributed by atoms with E-state index in [2.05, 4.69) is 10.3 Å². The fourth-order valence-electron chi connectivity index (χ4n) is 1.60. The van der Waals surface area contributed by atoms with Gasteiger partial charge in [-0.1, -0.05) is 13.0 Å². The third-order valence-corrected chi connectivity index (χ3v) is 2.61. The number of aromatic nitrogens is 1. The molecule has 0 fully saturated rings. The quantitative estimate of drug-likeness (QED) is 0.753. The molecule has 0 aliphatic heterocycles. The Bertz CT molecular complexity index is 523. The van der Waals surface area contributed by atoms with Crippen molar-refractivity contribution < 1.29 is 14.6 Å². The molecule has 0 aliphatic carbocycles. The van der Waals surface area contributed by atoms with Crippen molar-refractivity contribution in [3.8, 4) is 11.5 Å². The minimum absolute atomic E-state index is 0.0524. The average Bonchev–Trinajstić information content (AvgIpc) is 2.80. The number of phenols is 2. The fraction of sp³-hybridized carbons (Fsp3) is 0.308. The number of hydrogen-bond acceptors (Lipinski definition) is 5. The standard InChI is InChI=1S/C13H16N2O3/c1-2-11-7-15-13(18-11)8-14-6-9-3-4-10(16)5-12(9)17/h3-5,7,14,16-17H,2,6,8H2,1H3. The van der Waals surface area contributed by atoms with Gasteiger partial charge in [0.2, 0.25) is 5.89 Å². The number of aromatic hydroxyl groups is 2. The molecule has 1 aromatic carbocycles. The third kappa shape index (κ3) is 3.01. The summed E-state index contributed by atoms with van der Waals surface area (Å²) in [7, 11) is 0. The second-order valence-corrected chi connectivity index (χ2v) is 3.99. The maximum atomic E-state index is 9.59. The minimum atomic E-state index is 0.0524. The molecule has 5 nitrogen and oxygen atoms in total. The van der Waals surface area contributed by atoms with Crippen molar-refractivity contribution in [2.75, 3.05) is 0 Å². The first-order valence-corrected chi connectivity index (χ1v) is 5.84. The minimum Gasteiger partial charge on any atom is -0.508 e. The van der Waals surface area contributed by atoms with Crippen molar-refractivity contribution in [1.29, 1.82) is 0 Å². The molecule has 18 heavy (non-hydrogen) atoms. The van der Waals surface area contributed by atoms with Crippen LogP contribution in [0.2, 0.25) is 0 Å². The van der Waals surface area contributed by atoms with Crippen LogP contribution < -0.4 is 5.32 Å². The van der Waals surface area contributed by atoms with Gasteiger partial charge in [-0.2, -0.15) is 0 Å². The van der Waals surface area contributed by atoms with E-state index in [1.807, 2.05) is 6.92 Å². The highest BCUT2D eigenvalue weighted by atomic mass is 16.4. The van der Waals surface area contributed by atoms with E-state index in [-0.39, 0.29) is 11.5 Å². The number of hydrogen-bond donors (Lipinski definition) is 3. The SMILES string of the molecule is CCc1cnc(CNCc2ccc(O)cc2O)o1. The molecule has 0 amide bonds. The molecule has 96 valence electrons. The molecular weight excluding hydrogens is 232 g/mol. The van der Waals surface area contributed by atoms with Gasteiger partial charge in [-0.3, -0.25) is 0 Å². The van der Waals surface area contributed by atoms with Crippen LogP contribution in [0.3, 0.4) is 0 Å². The lowest BCUT2D eigenvalue weighted by Gasteiger charge is -2.05. The molecule has 0 atom stereocenters. The summed E-state index contributed by atoms with van der Waals surface area (Å²) in [6, 6.07) is 4.53. The molecule has 0 aliphatic rings. The van der Waals surface area contributed by atoms with E-state index in [1.54, 1.807) is 12.3 Å². The van der Waals surface area contributed by atoms with Crippen molar-refractivity contribution in [2.24, 2.45) is 0 Å². The van der Waals surface area contributed by atoms with Gasteiger partial charge < -0.3 is 19.9 Å². The van der Waals surface area contributed by atoms with Crippen LogP contribution in [-0.2, 0) is 19.5 Å². The second kappa shape index (κ2) is 5.55. The lowest BCUT2D eigenvalue weighted by molar-refractivity contribution is 0.429. The summed E-state index contributed by atoms with van der Waals surface area (Å²) in [6.45, 7) is 2.99. The maximum Gasteiger partial charge on any atom is 0.208 e. The predicted octanol–water partition coefficient (Wildman–Crippen LogP) is 1.94. The van der Waals surface area contributed by atoms with Gasteiger partial charge in [-0.25, -0.2) is 4.98 Å². The van der Waals surface area contributed by atoms with Crippen LogP contribution >= 0.6 is 0 Å². The van der Waals surface area contributed by atoms with Gasteiger partial charge in [0.1, 0.15) is 17.3 Å². The molecule has 0 saturated heterocycles. The molecule has 0 saturated carbocycles. The van der Waals surface area contributed by atoms with Gasteiger partial charge in [0.15, 0.2) is 0 Å². The molecular formula is C13H16N2O3. The Hall–Kier alpha value is -2.01. The Kier molecular flexibility index (Phi) is 3.84. The molecule has 0 spiro atoms. The van der Waals surface area contributed by atoms with E-state index in [0.29, 0.717) is 19.0 Å². The Balaban J connectivity index is 1.88. The largest absolute Gasteiger partial charge is 0.508 e. The van der Waals surface area contributed by atoms with E-state index < -0.39 is 0 Å². The zero-order valence-corrected chi connectivity index (χ0v) is 10.2. The van der Waals surface area contributed by atoms with Crippen LogP contribution in [0, 0.1) is 0 Å². The smallest absolute Gasteiger partial charge is 0.208 e. The summed E-state index contributed by atoms with van der Waals surface area (Å²) in [5.41, 5.74) is 0.718. The van der Waals surface area contributed by atoms with Gasteiger partial charge in [0, 0.05) is 24.6 Å². The number of benzene rings is 1. The van der Waals surface area contributed by atoms with Crippen LogP contribution in [0.1, 0.15) is 24.1 Å². The van der Waals surface area contributed by atoms with Gasteiger partial charge in [-0.15, -0.1) is 0 Å². The molecule has 3 N–H and O–H groups in total. The first-order valence-electron chi connectivity index (χ1n) is 5.84. The van der Waals surface area contributed by atoms with Crippen LogP contribution in [0.15, 0.2) is 28.8 Å². The Labute approximate surface area is 105 Å². The molecule has 2 aromatic rings. The third-order valence-electron chi connectivity index (χ3n) is 2.61. The van der Waals surface area contributed by atoms with E-state index in [0.717, 1.165) is 17.7 Å². The van der Waals surface area contributed by atoms with E-state index in [1.165, 1.54) is 12.1 Å². The average molecular weight is 248 g/mol. The number of nitrogens with one attached hydrogen (secondary N) is 1. The van der Waals surface area contributed by atoms with Crippen molar-refractivity contribution in [1.82, 2.24) is 10.3 Å². The molecule has 0 unspecified atom stereocenters. The number of nitrogens with zero attached hydrogens (tertiary/aromatic N) is 1. The molecule has 1 heterocycles. The number of phenolic OH excluding ortho intramolecular Hbond substituents is 2. The molecule has 2 rings (SSSR count). The van der Waals surface area contributed by atoms with Crippen molar-refractivity contribution >= 4 is 0 Å². The summed E-state index contributed by atoms with van der Waals surface area (Å²) in [6.07, 6.45) is 2.54. The number of rotatable bonds is 5. The maximum absolute atomic E-state index is 9.59. The highest BCUT2D eigenvalue weighted by Crippen LogP contribution is 2.22. The number of aryl methyl sites for hydroxylation is 1. The molecule has 1 aromatic heterocycles. The van der Waals surface area contributed by atoms with Crippen molar-refractivity contribution in [3.63, 3.8) is 0 Å². The monoisotopic (exact) mass is 248 g/mol. The van der Waals surface area contributed by atoms with Gasteiger partial charge >= 0.3 is 0 Å². The summed E-state index contributed by atoms with van der Waals surface area (Å²) < 4.78 is 5.44. The lowest BCUT2D eigenvalue weighted by Crippen LogP contribution is -2.12. The molecule has 5 heteroatoms. The second-order valence-electron chi connectivity index (χ2n) is 3.99. The van der Waals surface area contributed by atoms with Gasteiger partial charge in [-0.05, 0) is 6.07 Å². The van der Waals surface area contributed by atoms with Crippen molar-refractivity contribution in [3.05, 3.63) is 41.6 Å². The van der Waals surface area contributed by atoms with E-state index >= 15 is 0 Å². The summed E-state index contributed by atoms with van der Waals surface area (Å²) in [4.78, 5) is 4.12. The highest BCUT2D eigenvalue weighted by molar-refractivity contribution is 5.38. The Morgan fingerprint density at radius 1 is 1.28 bits per heavy atom. The Morgan fingerprint density at radius 2 is 2.11 bits per heavy atom. The molecule has 0 radical (unpaired) electrons. The van der Waals surface area contributed by atoms with Gasteiger partial charge in [0.25, 0.3) is 0 Å². The fourth-order valence-corrected chi connectivity index (χ4v) is 1.60. The number of oxazole rings is 1. The lowest BCUT2D eigenvalue weighted by atomic mass is 10.2. The summed E-state index contributed by atoms with van der Waals surface area (Å²) in [5.74, 6) is 1.62. The topological polar surface area (TPSA) is 78.5 Å². The first-order chi connectivity index (χ1) is 8.69. The highest BCUT2D eigenvalue weighted by Gasteiger charge is 2.04. The first kappa shape index (κ1) is 12.4. The van der Waals surface area contributed by atoms with E-state index in [4.69, 9.17) is 9.52 Å². The van der Waals surface area contributed by atoms with Crippen LogP contribution in [-0.4, -0.2) is 15.2 Å². The summed E-state index contributed by atoms with van der Waals surface area (Å²) >= 11 is 0. The summed E-state index contributed by atoms with van der Waals surface area (Å²) in [5, 5.41) is 21.9. The predicted molar refractivity (Wildman–Crippen MR) is 66.2 cm³/mol. The zero-order valence-electron chi connectivity index (χ0n) is 10.2. The van der Waals surface area contributed by atoms with Gasteiger partial charge in [0.05, 0.1) is 12.7 Å². The zero-order chi connectivity index (χ0) is 13.0. The molecule has 0 bridgehead atoms. The van der Waals surface area contributed by atoms with E-state index in [9.17, 15) is 5.11 Å². The normalized spacial score (nSPS) is 10.7.